The van der Waals surface area contributed by atoms with Crippen molar-refractivity contribution in [3.8, 4) is 16.3 Å². The number of rotatable bonds is 5. The first-order chi connectivity index (χ1) is 10.2. The molecule has 0 unspecified atom stereocenters. The number of nitrogens with zero attached hydrogens (tertiary/aromatic N) is 2. The van der Waals surface area contributed by atoms with Crippen LogP contribution in [0.1, 0.15) is 6.42 Å². The third-order valence-corrected chi connectivity index (χ3v) is 3.93. The molecular formula is C15H12N2O3S. The molecule has 3 aromatic rings. The van der Waals surface area contributed by atoms with Crippen molar-refractivity contribution in [1.29, 1.82) is 0 Å². The lowest BCUT2D eigenvalue weighted by Gasteiger charge is -2.04. The smallest absolute Gasteiger partial charge is 0.306 e. The number of pyridine rings is 1. The third-order valence-electron chi connectivity index (χ3n) is 2.86. The van der Waals surface area contributed by atoms with Crippen LogP contribution < -0.4 is 4.74 Å². The van der Waals surface area contributed by atoms with Gasteiger partial charge in [0.2, 0.25) is 0 Å². The SMILES string of the molecule is O=C(O)CCOc1cccc2sc(-c3cccnc3)nc12. The maximum absolute atomic E-state index is 10.5. The minimum Gasteiger partial charge on any atom is -0.491 e. The molecule has 0 saturated carbocycles. The predicted molar refractivity (Wildman–Crippen MR) is 80.6 cm³/mol. The summed E-state index contributed by atoms with van der Waals surface area (Å²) in [6.07, 6.45) is 3.45. The average molecular weight is 300 g/mol. The van der Waals surface area contributed by atoms with Crippen LogP contribution in [0.5, 0.6) is 5.75 Å². The molecule has 0 amide bonds. The summed E-state index contributed by atoms with van der Waals surface area (Å²) in [6, 6.07) is 9.47. The number of para-hydroxylation sites is 1. The van der Waals surface area contributed by atoms with Crippen molar-refractivity contribution < 1.29 is 14.6 Å². The molecule has 1 aromatic carbocycles. The largest absolute Gasteiger partial charge is 0.491 e. The van der Waals surface area contributed by atoms with Crippen molar-refractivity contribution in [3.05, 3.63) is 42.7 Å². The van der Waals surface area contributed by atoms with Crippen molar-refractivity contribution in [2.24, 2.45) is 0 Å². The maximum Gasteiger partial charge on any atom is 0.306 e. The van der Waals surface area contributed by atoms with Gasteiger partial charge in [0.1, 0.15) is 16.3 Å². The highest BCUT2D eigenvalue weighted by molar-refractivity contribution is 7.21. The van der Waals surface area contributed by atoms with Crippen molar-refractivity contribution in [2.75, 3.05) is 6.61 Å². The Hall–Kier alpha value is -2.47. The Kier molecular flexibility index (Phi) is 3.79. The molecule has 0 spiro atoms. The molecule has 0 atom stereocenters. The van der Waals surface area contributed by atoms with E-state index < -0.39 is 5.97 Å². The number of hydrogen-bond donors (Lipinski definition) is 1. The van der Waals surface area contributed by atoms with Crippen LogP contribution in [0.25, 0.3) is 20.8 Å². The molecule has 6 heteroatoms. The van der Waals surface area contributed by atoms with E-state index in [4.69, 9.17) is 9.84 Å². The topological polar surface area (TPSA) is 72.3 Å². The van der Waals surface area contributed by atoms with Crippen molar-refractivity contribution >= 4 is 27.5 Å². The molecule has 0 saturated heterocycles. The zero-order chi connectivity index (χ0) is 14.7. The Morgan fingerprint density at radius 2 is 2.19 bits per heavy atom. The van der Waals surface area contributed by atoms with Gasteiger partial charge in [-0.15, -0.1) is 11.3 Å². The van der Waals surface area contributed by atoms with Crippen LogP contribution in [-0.4, -0.2) is 27.7 Å². The highest BCUT2D eigenvalue weighted by Gasteiger charge is 2.11. The summed E-state index contributed by atoms with van der Waals surface area (Å²) >= 11 is 1.56. The van der Waals surface area contributed by atoms with Crippen LogP contribution in [0.3, 0.4) is 0 Å². The van der Waals surface area contributed by atoms with Crippen LogP contribution in [0.2, 0.25) is 0 Å². The number of fused-ring (bicyclic) bond motifs is 1. The summed E-state index contributed by atoms with van der Waals surface area (Å²) in [7, 11) is 0. The normalized spacial score (nSPS) is 10.7. The van der Waals surface area contributed by atoms with Gasteiger partial charge in [-0.3, -0.25) is 9.78 Å². The molecule has 0 bridgehead atoms. The van der Waals surface area contributed by atoms with Crippen molar-refractivity contribution in [2.45, 2.75) is 6.42 Å². The number of thiazole rings is 1. The van der Waals surface area contributed by atoms with Crippen molar-refractivity contribution in [1.82, 2.24) is 9.97 Å². The molecule has 2 aromatic heterocycles. The summed E-state index contributed by atoms with van der Waals surface area (Å²) in [4.78, 5) is 19.2. The highest BCUT2D eigenvalue weighted by Crippen LogP contribution is 2.34. The highest BCUT2D eigenvalue weighted by atomic mass is 32.1. The number of carboxylic acid groups (broad SMARTS) is 1. The lowest BCUT2D eigenvalue weighted by Crippen LogP contribution is -2.04. The second-order valence-corrected chi connectivity index (χ2v) is 5.39. The molecule has 0 aliphatic heterocycles. The van der Waals surface area contributed by atoms with Gasteiger partial charge < -0.3 is 9.84 Å². The van der Waals surface area contributed by atoms with Crippen molar-refractivity contribution in [3.63, 3.8) is 0 Å². The van der Waals surface area contributed by atoms with Crippen LogP contribution in [0, 0.1) is 0 Å². The molecule has 0 radical (unpaired) electrons. The van der Waals surface area contributed by atoms with E-state index in [2.05, 4.69) is 9.97 Å². The number of carbonyl (C=O) groups is 1. The van der Waals surface area contributed by atoms with E-state index in [1.165, 1.54) is 0 Å². The second-order valence-electron chi connectivity index (χ2n) is 4.36. The first-order valence-corrected chi connectivity index (χ1v) is 7.20. The molecule has 3 rings (SSSR count). The van der Waals surface area contributed by atoms with E-state index in [1.807, 2.05) is 24.3 Å². The fourth-order valence-electron chi connectivity index (χ4n) is 1.90. The quantitative estimate of drug-likeness (QED) is 0.783. The standard InChI is InChI=1S/C15H12N2O3S/c18-13(19)6-8-20-11-4-1-5-12-14(11)17-15(21-12)10-3-2-7-16-9-10/h1-5,7,9H,6,8H2,(H,18,19). The number of aliphatic carboxylic acids is 1. The fourth-order valence-corrected chi connectivity index (χ4v) is 2.87. The Morgan fingerprint density at radius 1 is 1.29 bits per heavy atom. The van der Waals surface area contributed by atoms with Crippen LogP contribution >= 0.6 is 11.3 Å². The maximum atomic E-state index is 10.5. The van der Waals surface area contributed by atoms with Gasteiger partial charge in [-0.05, 0) is 24.3 Å². The average Bonchev–Trinajstić information content (AvgIpc) is 2.93. The van der Waals surface area contributed by atoms with Gasteiger partial charge in [0, 0.05) is 18.0 Å². The Balaban J connectivity index is 1.92. The number of hydrogen-bond acceptors (Lipinski definition) is 5. The fraction of sp³-hybridized carbons (Fsp3) is 0.133. The van der Waals surface area contributed by atoms with E-state index in [9.17, 15) is 4.79 Å². The minimum atomic E-state index is -0.878. The predicted octanol–water partition coefficient (Wildman–Crippen LogP) is 3.21. The molecule has 21 heavy (non-hydrogen) atoms. The zero-order valence-corrected chi connectivity index (χ0v) is 11.8. The summed E-state index contributed by atoms with van der Waals surface area (Å²) in [5.41, 5.74) is 1.71. The number of benzene rings is 1. The van der Waals surface area contributed by atoms with Crippen LogP contribution in [0.4, 0.5) is 0 Å². The zero-order valence-electron chi connectivity index (χ0n) is 11.0. The van der Waals surface area contributed by atoms with E-state index in [1.54, 1.807) is 29.8 Å². The Labute approximate surface area is 124 Å². The van der Waals surface area contributed by atoms with Gasteiger partial charge >= 0.3 is 5.97 Å². The van der Waals surface area contributed by atoms with Crippen LogP contribution in [0.15, 0.2) is 42.7 Å². The van der Waals surface area contributed by atoms with E-state index >= 15 is 0 Å². The van der Waals surface area contributed by atoms with E-state index in [0.29, 0.717) is 5.75 Å². The van der Waals surface area contributed by atoms with Gasteiger partial charge in [-0.1, -0.05) is 6.07 Å². The third kappa shape index (κ3) is 3.00. The van der Waals surface area contributed by atoms with Gasteiger partial charge in [0.25, 0.3) is 0 Å². The summed E-state index contributed by atoms with van der Waals surface area (Å²) in [5, 5.41) is 9.52. The monoisotopic (exact) mass is 300 g/mol. The molecule has 0 aliphatic carbocycles. The van der Waals surface area contributed by atoms with E-state index in [0.717, 1.165) is 20.8 Å². The molecule has 2 heterocycles. The number of aromatic nitrogens is 2. The summed E-state index contributed by atoms with van der Waals surface area (Å²) in [6.45, 7) is 0.133. The lowest BCUT2D eigenvalue weighted by molar-refractivity contribution is -0.137. The molecule has 0 fully saturated rings. The minimum absolute atomic E-state index is 0.0318. The second kappa shape index (κ2) is 5.88. The van der Waals surface area contributed by atoms with Gasteiger partial charge in [-0.25, -0.2) is 4.98 Å². The molecule has 0 aliphatic rings. The molecule has 106 valence electrons. The van der Waals surface area contributed by atoms with Gasteiger partial charge in [-0.2, -0.15) is 0 Å². The first kappa shape index (κ1) is 13.5. The number of ether oxygens (including phenoxy) is 1. The van der Waals surface area contributed by atoms with Gasteiger partial charge in [0.05, 0.1) is 17.7 Å². The lowest BCUT2D eigenvalue weighted by atomic mass is 10.3. The molecule has 5 nitrogen and oxygen atoms in total. The van der Waals surface area contributed by atoms with Crippen LogP contribution in [-0.2, 0) is 4.79 Å². The Morgan fingerprint density at radius 3 is 2.95 bits per heavy atom. The molecule has 1 N–H and O–H groups in total. The summed E-state index contributed by atoms with van der Waals surface area (Å²) < 4.78 is 6.53. The first-order valence-electron chi connectivity index (χ1n) is 6.38. The summed E-state index contributed by atoms with van der Waals surface area (Å²) in [5.74, 6) is -0.267. The Bertz CT molecular complexity index is 771. The molecular weight excluding hydrogens is 288 g/mol. The number of carboxylic acids is 1. The van der Waals surface area contributed by atoms with Gasteiger partial charge in [0.15, 0.2) is 0 Å². The van der Waals surface area contributed by atoms with E-state index in [-0.39, 0.29) is 13.0 Å².